The second-order valence-corrected chi connectivity index (χ2v) is 5.93. The maximum atomic E-state index is 13.7. The van der Waals surface area contributed by atoms with Crippen LogP contribution in [0.2, 0.25) is 0 Å². The number of para-hydroxylation sites is 1. The molecular weight excluding hydrogens is 323 g/mol. The fourth-order valence-electron chi connectivity index (χ4n) is 2.34. The highest BCUT2D eigenvalue weighted by Gasteiger charge is 2.28. The molecule has 6 heteroatoms. The van der Waals surface area contributed by atoms with E-state index in [4.69, 9.17) is 4.74 Å². The fraction of sp³-hybridized carbons (Fsp3) is 0.263. The predicted molar refractivity (Wildman–Crippen MR) is 90.4 cm³/mol. The van der Waals surface area contributed by atoms with Crippen molar-refractivity contribution < 1.29 is 18.7 Å². The van der Waals surface area contributed by atoms with E-state index in [0.29, 0.717) is 0 Å². The van der Waals surface area contributed by atoms with Gasteiger partial charge in [-0.3, -0.25) is 9.59 Å². The smallest absolute Gasteiger partial charge is 0.309 e. The molecule has 0 aliphatic heterocycles. The highest BCUT2D eigenvalue weighted by molar-refractivity contribution is 6.35. The summed E-state index contributed by atoms with van der Waals surface area (Å²) in [7, 11) is 0. The molecule has 2 N–H and O–H groups in total. The summed E-state index contributed by atoms with van der Waals surface area (Å²) in [5.74, 6) is -1.76. The minimum absolute atomic E-state index is 0.00734. The van der Waals surface area contributed by atoms with Gasteiger partial charge in [0, 0.05) is 6.04 Å². The highest BCUT2D eigenvalue weighted by atomic mass is 19.1. The van der Waals surface area contributed by atoms with E-state index in [1.807, 2.05) is 30.3 Å². The standard InChI is InChI=1S/C19H19FN2O3/c20-15-8-4-5-9-17(15)25-12-16(13-6-2-1-3-7-13)22-19(24)18(23)21-14-10-11-14/h1-9,14,16H,10-12H2,(H,21,23)(H,22,24)/t16-/m0/s1. The lowest BCUT2D eigenvalue weighted by molar-refractivity contribution is -0.139. The molecule has 0 spiro atoms. The number of ether oxygens (including phenoxy) is 1. The van der Waals surface area contributed by atoms with Crippen molar-refractivity contribution in [2.75, 3.05) is 6.61 Å². The van der Waals surface area contributed by atoms with Crippen molar-refractivity contribution >= 4 is 11.8 Å². The average Bonchev–Trinajstić information content (AvgIpc) is 3.44. The van der Waals surface area contributed by atoms with Gasteiger partial charge in [-0.2, -0.15) is 0 Å². The third-order valence-electron chi connectivity index (χ3n) is 3.87. The van der Waals surface area contributed by atoms with Crippen LogP contribution in [0.4, 0.5) is 4.39 Å². The monoisotopic (exact) mass is 342 g/mol. The topological polar surface area (TPSA) is 67.4 Å². The lowest BCUT2D eigenvalue weighted by atomic mass is 10.1. The van der Waals surface area contributed by atoms with Crippen LogP contribution in [0.15, 0.2) is 54.6 Å². The summed E-state index contributed by atoms with van der Waals surface area (Å²) in [6.07, 6.45) is 1.80. The Labute approximate surface area is 145 Å². The molecular formula is C19H19FN2O3. The molecule has 1 fully saturated rings. The van der Waals surface area contributed by atoms with Gasteiger partial charge in [-0.25, -0.2) is 4.39 Å². The van der Waals surface area contributed by atoms with E-state index in [-0.39, 0.29) is 18.4 Å². The predicted octanol–water partition coefficient (Wildman–Crippen LogP) is 2.34. The Bertz CT molecular complexity index is 747. The number of carbonyl (C=O) groups is 2. The maximum absolute atomic E-state index is 13.7. The summed E-state index contributed by atoms with van der Waals surface area (Å²) in [4.78, 5) is 24.0. The minimum Gasteiger partial charge on any atom is -0.488 e. The van der Waals surface area contributed by atoms with E-state index in [2.05, 4.69) is 10.6 Å². The number of nitrogens with one attached hydrogen (secondary N) is 2. The Balaban J connectivity index is 1.68. The second-order valence-electron chi connectivity index (χ2n) is 5.93. The third-order valence-corrected chi connectivity index (χ3v) is 3.87. The van der Waals surface area contributed by atoms with Crippen LogP contribution in [0.25, 0.3) is 0 Å². The molecule has 1 saturated carbocycles. The Kier molecular flexibility index (Phi) is 5.28. The molecule has 1 aliphatic rings. The van der Waals surface area contributed by atoms with Gasteiger partial charge in [0.05, 0.1) is 6.04 Å². The van der Waals surface area contributed by atoms with Crippen LogP contribution >= 0.6 is 0 Å². The fourth-order valence-corrected chi connectivity index (χ4v) is 2.34. The Hall–Kier alpha value is -2.89. The van der Waals surface area contributed by atoms with Gasteiger partial charge < -0.3 is 15.4 Å². The van der Waals surface area contributed by atoms with Crippen molar-refractivity contribution in [2.24, 2.45) is 0 Å². The van der Waals surface area contributed by atoms with Gasteiger partial charge in [-0.1, -0.05) is 42.5 Å². The molecule has 0 saturated heterocycles. The molecule has 3 rings (SSSR count). The van der Waals surface area contributed by atoms with Crippen LogP contribution in [0.5, 0.6) is 5.75 Å². The van der Waals surface area contributed by atoms with Gasteiger partial charge in [0.1, 0.15) is 6.61 Å². The average molecular weight is 342 g/mol. The van der Waals surface area contributed by atoms with E-state index in [1.54, 1.807) is 12.1 Å². The van der Waals surface area contributed by atoms with E-state index in [9.17, 15) is 14.0 Å². The number of carbonyl (C=O) groups excluding carboxylic acids is 2. The van der Waals surface area contributed by atoms with Crippen molar-refractivity contribution in [3.05, 3.63) is 66.0 Å². The maximum Gasteiger partial charge on any atom is 0.309 e. The lowest BCUT2D eigenvalue weighted by Gasteiger charge is -2.20. The molecule has 0 radical (unpaired) electrons. The largest absolute Gasteiger partial charge is 0.488 e. The number of amides is 2. The van der Waals surface area contributed by atoms with E-state index in [0.717, 1.165) is 18.4 Å². The molecule has 0 aromatic heterocycles. The molecule has 1 atom stereocenters. The zero-order valence-electron chi connectivity index (χ0n) is 13.6. The number of hydrogen-bond donors (Lipinski definition) is 2. The van der Waals surface area contributed by atoms with Crippen molar-refractivity contribution in [3.63, 3.8) is 0 Å². The number of hydrogen-bond acceptors (Lipinski definition) is 3. The van der Waals surface area contributed by atoms with Crippen molar-refractivity contribution in [2.45, 2.75) is 24.9 Å². The first-order chi connectivity index (χ1) is 12.1. The zero-order valence-corrected chi connectivity index (χ0v) is 13.6. The highest BCUT2D eigenvalue weighted by Crippen LogP contribution is 2.20. The van der Waals surface area contributed by atoms with E-state index in [1.165, 1.54) is 12.1 Å². The molecule has 2 amide bonds. The number of halogens is 1. The Morgan fingerprint density at radius 1 is 1.04 bits per heavy atom. The third kappa shape index (κ3) is 4.79. The van der Waals surface area contributed by atoms with Gasteiger partial charge in [0.15, 0.2) is 11.6 Å². The van der Waals surface area contributed by atoms with Gasteiger partial charge in [0.25, 0.3) is 0 Å². The molecule has 1 aliphatic carbocycles. The normalized spacial score (nSPS) is 14.4. The Morgan fingerprint density at radius 3 is 2.40 bits per heavy atom. The molecule has 130 valence electrons. The van der Waals surface area contributed by atoms with Crippen molar-refractivity contribution in [1.82, 2.24) is 10.6 Å². The molecule has 0 bridgehead atoms. The summed E-state index contributed by atoms with van der Waals surface area (Å²) in [6, 6.07) is 14.7. The van der Waals surface area contributed by atoms with E-state index >= 15 is 0 Å². The summed E-state index contributed by atoms with van der Waals surface area (Å²) in [6.45, 7) is 0.00734. The number of rotatable bonds is 6. The molecule has 2 aromatic carbocycles. The van der Waals surface area contributed by atoms with Gasteiger partial charge in [-0.05, 0) is 30.5 Å². The van der Waals surface area contributed by atoms with Crippen LogP contribution in [0, 0.1) is 5.82 Å². The summed E-state index contributed by atoms with van der Waals surface area (Å²) < 4.78 is 19.2. The van der Waals surface area contributed by atoms with Gasteiger partial charge >= 0.3 is 11.8 Å². The molecule has 0 heterocycles. The quantitative estimate of drug-likeness (QED) is 0.792. The summed E-state index contributed by atoms with van der Waals surface area (Å²) in [5, 5.41) is 5.30. The second kappa shape index (κ2) is 7.79. The van der Waals surface area contributed by atoms with Crippen LogP contribution in [-0.2, 0) is 9.59 Å². The summed E-state index contributed by atoms with van der Waals surface area (Å²) in [5.41, 5.74) is 0.770. The SMILES string of the molecule is O=C(NC1CC1)C(=O)N[C@@H](COc1ccccc1F)c1ccccc1. The van der Waals surface area contributed by atoms with Gasteiger partial charge in [-0.15, -0.1) is 0 Å². The molecule has 2 aromatic rings. The first kappa shape index (κ1) is 17.0. The van der Waals surface area contributed by atoms with E-state index < -0.39 is 23.7 Å². The Morgan fingerprint density at radius 2 is 1.72 bits per heavy atom. The van der Waals surface area contributed by atoms with Crippen LogP contribution in [0.1, 0.15) is 24.4 Å². The van der Waals surface area contributed by atoms with Crippen molar-refractivity contribution in [1.29, 1.82) is 0 Å². The van der Waals surface area contributed by atoms with Crippen molar-refractivity contribution in [3.8, 4) is 5.75 Å². The molecule has 25 heavy (non-hydrogen) atoms. The number of benzene rings is 2. The first-order valence-corrected chi connectivity index (χ1v) is 8.17. The van der Waals surface area contributed by atoms with Crippen LogP contribution < -0.4 is 15.4 Å². The minimum atomic E-state index is -0.724. The molecule has 5 nitrogen and oxygen atoms in total. The van der Waals surface area contributed by atoms with Gasteiger partial charge in [0.2, 0.25) is 0 Å². The van der Waals surface area contributed by atoms with Crippen LogP contribution in [0.3, 0.4) is 0 Å². The zero-order chi connectivity index (χ0) is 17.6. The van der Waals surface area contributed by atoms with Crippen LogP contribution in [-0.4, -0.2) is 24.5 Å². The first-order valence-electron chi connectivity index (χ1n) is 8.17. The summed E-state index contributed by atoms with van der Waals surface area (Å²) >= 11 is 0. The lowest BCUT2D eigenvalue weighted by Crippen LogP contribution is -2.43. The molecule has 0 unspecified atom stereocenters.